The van der Waals surface area contributed by atoms with E-state index >= 15 is 0 Å². The third-order valence-corrected chi connectivity index (χ3v) is 4.05. The monoisotopic (exact) mass is 376 g/mol. The van der Waals surface area contributed by atoms with Crippen molar-refractivity contribution in [3.05, 3.63) is 40.8 Å². The third kappa shape index (κ3) is 5.08. The van der Waals surface area contributed by atoms with E-state index in [4.69, 9.17) is 16.3 Å². The molecular weight excluding hydrogens is 352 g/mol. The number of nitrogens with one attached hydrogen (secondary N) is 1. The fraction of sp³-hybridized carbons (Fsp3) is 0.421. The maximum Gasteiger partial charge on any atom is 0.272 e. The topological polar surface area (TPSA) is 67.4 Å². The van der Waals surface area contributed by atoms with Gasteiger partial charge in [0.1, 0.15) is 23.1 Å². The molecule has 6 nitrogen and oxygen atoms in total. The van der Waals surface area contributed by atoms with Gasteiger partial charge >= 0.3 is 0 Å². The minimum Gasteiger partial charge on any atom is -0.495 e. The zero-order chi connectivity index (χ0) is 19.1. The highest BCUT2D eigenvalue weighted by Crippen LogP contribution is 2.28. The molecule has 1 aromatic carbocycles. The number of hydrogen-bond donors (Lipinski definition) is 1. The van der Waals surface area contributed by atoms with E-state index in [1.54, 1.807) is 32.2 Å². The van der Waals surface area contributed by atoms with Crippen LogP contribution in [0.1, 0.15) is 43.0 Å². The average molecular weight is 377 g/mol. The SMILES string of the molecule is CCCN(CCC)C(=O)c1cc(Nc2ccc(OC)c(Cl)c2)nc(C)n1. The number of amides is 1. The first kappa shape index (κ1) is 20.0. The van der Waals surface area contributed by atoms with E-state index < -0.39 is 0 Å². The van der Waals surface area contributed by atoms with Crippen LogP contribution in [0.25, 0.3) is 0 Å². The zero-order valence-corrected chi connectivity index (χ0v) is 16.4. The van der Waals surface area contributed by atoms with E-state index in [1.165, 1.54) is 0 Å². The molecule has 0 saturated heterocycles. The van der Waals surface area contributed by atoms with E-state index in [0.29, 0.717) is 41.2 Å². The Morgan fingerprint density at radius 2 is 1.88 bits per heavy atom. The van der Waals surface area contributed by atoms with Gasteiger partial charge in [0.15, 0.2) is 0 Å². The van der Waals surface area contributed by atoms with Crippen LogP contribution < -0.4 is 10.1 Å². The number of nitrogens with zero attached hydrogens (tertiary/aromatic N) is 3. The molecule has 0 fully saturated rings. The van der Waals surface area contributed by atoms with Gasteiger partial charge in [0, 0.05) is 24.8 Å². The summed E-state index contributed by atoms with van der Waals surface area (Å²) in [6.45, 7) is 7.31. The lowest BCUT2D eigenvalue weighted by molar-refractivity contribution is 0.0749. The summed E-state index contributed by atoms with van der Waals surface area (Å²) in [5, 5.41) is 3.67. The van der Waals surface area contributed by atoms with Crippen molar-refractivity contribution in [1.82, 2.24) is 14.9 Å². The van der Waals surface area contributed by atoms with Crippen molar-refractivity contribution in [1.29, 1.82) is 0 Å². The Morgan fingerprint density at radius 3 is 2.46 bits per heavy atom. The van der Waals surface area contributed by atoms with Gasteiger partial charge in [-0.2, -0.15) is 0 Å². The van der Waals surface area contributed by atoms with Crippen LogP contribution in [0.4, 0.5) is 11.5 Å². The molecule has 0 atom stereocenters. The number of methoxy groups -OCH3 is 1. The summed E-state index contributed by atoms with van der Waals surface area (Å²) in [5.41, 5.74) is 1.15. The quantitative estimate of drug-likeness (QED) is 0.737. The van der Waals surface area contributed by atoms with E-state index in [-0.39, 0.29) is 5.91 Å². The van der Waals surface area contributed by atoms with Crippen molar-refractivity contribution in [2.24, 2.45) is 0 Å². The summed E-state index contributed by atoms with van der Waals surface area (Å²) < 4.78 is 5.16. The van der Waals surface area contributed by atoms with Gasteiger partial charge < -0.3 is 15.0 Å². The summed E-state index contributed by atoms with van der Waals surface area (Å²) >= 11 is 6.16. The molecule has 26 heavy (non-hydrogen) atoms. The molecule has 140 valence electrons. The first-order chi connectivity index (χ1) is 12.5. The van der Waals surface area contributed by atoms with Crippen LogP contribution in [-0.4, -0.2) is 41.0 Å². The Hall–Kier alpha value is -2.34. The maximum absolute atomic E-state index is 12.8. The highest BCUT2D eigenvalue weighted by atomic mass is 35.5. The smallest absolute Gasteiger partial charge is 0.272 e. The Balaban J connectivity index is 2.26. The second kappa shape index (κ2) is 9.38. The normalized spacial score (nSPS) is 10.5. The molecule has 0 spiro atoms. The minimum atomic E-state index is -0.0741. The first-order valence-electron chi connectivity index (χ1n) is 8.74. The number of anilines is 2. The maximum atomic E-state index is 12.8. The molecule has 0 radical (unpaired) electrons. The zero-order valence-electron chi connectivity index (χ0n) is 15.7. The molecule has 7 heteroatoms. The number of rotatable bonds is 8. The molecule has 1 N–H and O–H groups in total. The van der Waals surface area contributed by atoms with Crippen molar-refractivity contribution in [2.75, 3.05) is 25.5 Å². The van der Waals surface area contributed by atoms with Gasteiger partial charge in [-0.05, 0) is 38.0 Å². The molecule has 0 bridgehead atoms. The number of benzene rings is 1. The van der Waals surface area contributed by atoms with Crippen molar-refractivity contribution >= 4 is 29.0 Å². The van der Waals surface area contributed by atoms with Crippen LogP contribution >= 0.6 is 11.6 Å². The molecule has 0 aliphatic heterocycles. The van der Waals surface area contributed by atoms with E-state index in [1.807, 2.05) is 11.0 Å². The van der Waals surface area contributed by atoms with Crippen LogP contribution in [0.2, 0.25) is 5.02 Å². The van der Waals surface area contributed by atoms with Gasteiger partial charge in [0.05, 0.1) is 12.1 Å². The Morgan fingerprint density at radius 1 is 1.19 bits per heavy atom. The number of aryl methyl sites for hydroxylation is 1. The fourth-order valence-electron chi connectivity index (χ4n) is 2.65. The predicted octanol–water partition coefficient (Wildman–Crippen LogP) is 4.45. The summed E-state index contributed by atoms with van der Waals surface area (Å²) in [6, 6.07) is 7.03. The highest BCUT2D eigenvalue weighted by Gasteiger charge is 2.17. The molecular formula is C19H25ClN4O2. The van der Waals surface area contributed by atoms with E-state index in [2.05, 4.69) is 29.1 Å². The van der Waals surface area contributed by atoms with Crippen molar-refractivity contribution < 1.29 is 9.53 Å². The van der Waals surface area contributed by atoms with Gasteiger partial charge in [-0.1, -0.05) is 25.4 Å². The van der Waals surface area contributed by atoms with Crippen molar-refractivity contribution in [3.63, 3.8) is 0 Å². The van der Waals surface area contributed by atoms with E-state index in [0.717, 1.165) is 18.5 Å². The van der Waals surface area contributed by atoms with Crippen LogP contribution in [0.3, 0.4) is 0 Å². The summed E-state index contributed by atoms with van der Waals surface area (Å²) in [6.07, 6.45) is 1.82. The third-order valence-electron chi connectivity index (χ3n) is 3.76. The van der Waals surface area contributed by atoms with E-state index in [9.17, 15) is 4.79 Å². The average Bonchev–Trinajstić information content (AvgIpc) is 2.60. The van der Waals surface area contributed by atoms with Gasteiger partial charge in [-0.3, -0.25) is 4.79 Å². The van der Waals surface area contributed by atoms with Crippen molar-refractivity contribution in [3.8, 4) is 5.75 Å². The Kier molecular flexibility index (Phi) is 7.21. The number of carbonyl (C=O) groups excluding carboxylic acids is 1. The van der Waals surface area contributed by atoms with Gasteiger partial charge in [-0.25, -0.2) is 9.97 Å². The molecule has 2 rings (SSSR count). The first-order valence-corrected chi connectivity index (χ1v) is 9.11. The highest BCUT2D eigenvalue weighted by molar-refractivity contribution is 6.32. The predicted molar refractivity (Wildman–Crippen MR) is 105 cm³/mol. The largest absolute Gasteiger partial charge is 0.495 e. The Labute approximate surface area is 159 Å². The molecule has 0 unspecified atom stereocenters. The lowest BCUT2D eigenvalue weighted by Crippen LogP contribution is -2.33. The summed E-state index contributed by atoms with van der Waals surface area (Å²) in [4.78, 5) is 23.3. The van der Waals surface area contributed by atoms with Crippen LogP contribution in [0.15, 0.2) is 24.3 Å². The second-order valence-corrected chi connectivity index (χ2v) is 6.36. The lowest BCUT2D eigenvalue weighted by atomic mass is 10.2. The van der Waals surface area contributed by atoms with Crippen LogP contribution in [0, 0.1) is 6.92 Å². The summed E-state index contributed by atoms with van der Waals surface area (Å²) in [5.74, 6) is 1.61. The summed E-state index contributed by atoms with van der Waals surface area (Å²) in [7, 11) is 1.57. The molecule has 1 aromatic heterocycles. The van der Waals surface area contributed by atoms with Crippen LogP contribution in [0.5, 0.6) is 5.75 Å². The molecule has 1 amide bonds. The molecule has 2 aromatic rings. The minimum absolute atomic E-state index is 0.0741. The molecule has 1 heterocycles. The van der Waals surface area contributed by atoms with Crippen LogP contribution in [-0.2, 0) is 0 Å². The van der Waals surface area contributed by atoms with Gasteiger partial charge in [-0.15, -0.1) is 0 Å². The number of hydrogen-bond acceptors (Lipinski definition) is 5. The number of carbonyl (C=O) groups is 1. The standard InChI is InChI=1S/C19H25ClN4O2/c1-5-9-24(10-6-2)19(25)16-12-18(22-13(3)21-16)23-14-7-8-17(26-4)15(20)11-14/h7-8,11-12H,5-6,9-10H2,1-4H3,(H,21,22,23). The van der Waals surface area contributed by atoms with Gasteiger partial charge in [0.25, 0.3) is 5.91 Å². The Bertz CT molecular complexity index is 761. The van der Waals surface area contributed by atoms with Crippen molar-refractivity contribution in [2.45, 2.75) is 33.6 Å². The van der Waals surface area contributed by atoms with Gasteiger partial charge in [0.2, 0.25) is 0 Å². The fourth-order valence-corrected chi connectivity index (χ4v) is 2.91. The number of halogens is 1. The molecule has 0 saturated carbocycles. The second-order valence-electron chi connectivity index (χ2n) is 5.95. The number of ether oxygens (including phenoxy) is 1. The molecule has 0 aliphatic carbocycles. The molecule has 0 aliphatic rings. The lowest BCUT2D eigenvalue weighted by Gasteiger charge is -2.21. The number of aromatic nitrogens is 2.